The summed E-state index contributed by atoms with van der Waals surface area (Å²) in [5, 5.41) is 4.95. The van der Waals surface area contributed by atoms with Crippen LogP contribution in [-0.2, 0) is 21.3 Å². The lowest BCUT2D eigenvalue weighted by atomic mass is 9.84. The summed E-state index contributed by atoms with van der Waals surface area (Å²) in [6.07, 6.45) is 9.47. The molecule has 4 fully saturated rings. The van der Waals surface area contributed by atoms with Crippen LogP contribution in [0.1, 0.15) is 44.1 Å². The van der Waals surface area contributed by atoms with Crippen LogP contribution >= 0.6 is 11.6 Å². The Morgan fingerprint density at radius 1 is 1.13 bits per heavy atom. The molecule has 0 saturated carbocycles. The van der Waals surface area contributed by atoms with Crippen molar-refractivity contribution in [3.05, 3.63) is 41.0 Å². The Morgan fingerprint density at radius 3 is 2.58 bits per heavy atom. The lowest BCUT2D eigenvalue weighted by Gasteiger charge is -2.45. The number of amides is 1. The van der Waals surface area contributed by atoms with E-state index in [1.165, 1.54) is 16.9 Å². The molecule has 2 bridgehead atoms. The lowest BCUT2D eigenvalue weighted by Crippen LogP contribution is -2.53. The van der Waals surface area contributed by atoms with Gasteiger partial charge in [-0.25, -0.2) is 13.2 Å². The fraction of sp³-hybridized carbons (Fsp3) is 0.615. The van der Waals surface area contributed by atoms with Gasteiger partial charge in [0, 0.05) is 50.5 Å². The van der Waals surface area contributed by atoms with E-state index in [0.29, 0.717) is 25.3 Å². The number of anilines is 2. The van der Waals surface area contributed by atoms with E-state index < -0.39 is 10.0 Å². The molecule has 5 heterocycles. The summed E-state index contributed by atoms with van der Waals surface area (Å²) >= 11 is 7.02. The van der Waals surface area contributed by atoms with Gasteiger partial charge in [0.2, 0.25) is 10.0 Å². The highest BCUT2D eigenvalue weighted by Crippen LogP contribution is 2.41. The second-order valence-electron chi connectivity index (χ2n) is 11.2. The monoisotopic (exact) mass is 562 g/mol. The third-order valence-corrected chi connectivity index (χ3v) is 9.60. The molecule has 206 valence electrons. The summed E-state index contributed by atoms with van der Waals surface area (Å²) in [5.41, 5.74) is 2.33. The predicted octanol–water partition coefficient (Wildman–Crippen LogP) is 3.37. The molecule has 1 aromatic carbocycles. The molecule has 1 aromatic heterocycles. The molecular formula is C26H35ClN6O4S. The van der Waals surface area contributed by atoms with Crippen LogP contribution in [0.25, 0.3) is 0 Å². The Balaban J connectivity index is 1.11. The molecule has 1 N–H and O–H groups in total. The molecule has 6 rings (SSSR count). The smallest absolute Gasteiger partial charge is 0.344 e. The Morgan fingerprint density at radius 2 is 1.87 bits per heavy atom. The van der Waals surface area contributed by atoms with Crippen molar-refractivity contribution >= 4 is 39.2 Å². The van der Waals surface area contributed by atoms with E-state index in [-0.39, 0.29) is 17.4 Å². The first-order valence-corrected chi connectivity index (χ1v) is 15.7. The first kappa shape index (κ1) is 25.9. The SMILES string of the molecule is CS(=O)(=O)Nc1ccn(C(=O)N2CCC3(CCCN3Cc3cccc(N4CC5CCC(C4)O5)c3Cl)CC2)n1. The Labute approximate surface area is 228 Å². The largest absolute Gasteiger partial charge is 0.371 e. The maximum Gasteiger partial charge on any atom is 0.344 e. The fourth-order valence-electron chi connectivity index (χ4n) is 6.69. The van der Waals surface area contributed by atoms with Gasteiger partial charge in [-0.15, -0.1) is 5.10 Å². The van der Waals surface area contributed by atoms with Gasteiger partial charge >= 0.3 is 6.03 Å². The van der Waals surface area contributed by atoms with Crippen LogP contribution in [-0.4, -0.2) is 90.8 Å². The normalized spacial score (nSPS) is 25.3. The molecule has 2 aromatic rings. The number of nitrogens with zero attached hydrogens (tertiary/aromatic N) is 5. The van der Waals surface area contributed by atoms with Crippen molar-refractivity contribution < 1.29 is 17.9 Å². The van der Waals surface area contributed by atoms with Gasteiger partial charge in [0.15, 0.2) is 5.82 Å². The number of hydrogen-bond donors (Lipinski definition) is 1. The molecule has 2 unspecified atom stereocenters. The maximum absolute atomic E-state index is 13.0. The molecule has 2 atom stereocenters. The van der Waals surface area contributed by atoms with Crippen molar-refractivity contribution in [3.8, 4) is 0 Å². The van der Waals surface area contributed by atoms with Gasteiger partial charge in [-0.1, -0.05) is 23.7 Å². The minimum absolute atomic E-state index is 0.0569. The van der Waals surface area contributed by atoms with Gasteiger partial charge < -0.3 is 14.5 Å². The molecule has 0 radical (unpaired) electrons. The molecular weight excluding hydrogens is 528 g/mol. The van der Waals surface area contributed by atoms with Gasteiger partial charge in [0.25, 0.3) is 0 Å². The van der Waals surface area contributed by atoms with Crippen LogP contribution in [0.5, 0.6) is 0 Å². The van der Waals surface area contributed by atoms with E-state index in [1.54, 1.807) is 4.90 Å². The van der Waals surface area contributed by atoms with Crippen molar-refractivity contribution in [1.82, 2.24) is 19.6 Å². The van der Waals surface area contributed by atoms with Crippen LogP contribution in [0.4, 0.5) is 16.3 Å². The number of morpholine rings is 1. The van der Waals surface area contributed by atoms with Crippen molar-refractivity contribution in [2.45, 2.75) is 62.8 Å². The highest BCUT2D eigenvalue weighted by molar-refractivity contribution is 7.92. The van der Waals surface area contributed by atoms with Crippen LogP contribution in [0.2, 0.25) is 5.02 Å². The average Bonchev–Trinajstić information content (AvgIpc) is 3.59. The molecule has 4 saturated heterocycles. The van der Waals surface area contributed by atoms with Crippen molar-refractivity contribution in [3.63, 3.8) is 0 Å². The number of ether oxygens (including phenoxy) is 1. The van der Waals surface area contributed by atoms with Crippen molar-refractivity contribution in [2.75, 3.05) is 48.6 Å². The number of sulfonamides is 1. The quantitative estimate of drug-likeness (QED) is 0.596. The summed E-state index contributed by atoms with van der Waals surface area (Å²) in [6, 6.07) is 7.65. The summed E-state index contributed by atoms with van der Waals surface area (Å²) in [5.74, 6) is 0.139. The number of hydrogen-bond acceptors (Lipinski definition) is 7. The number of carbonyl (C=O) groups is 1. The third kappa shape index (κ3) is 5.13. The second kappa shape index (κ2) is 10.0. The summed E-state index contributed by atoms with van der Waals surface area (Å²) in [4.78, 5) is 19.8. The zero-order chi connectivity index (χ0) is 26.5. The van der Waals surface area contributed by atoms with Gasteiger partial charge in [0.1, 0.15) is 0 Å². The topological polar surface area (TPSA) is 100 Å². The fourth-order valence-corrected chi connectivity index (χ4v) is 7.49. The lowest BCUT2D eigenvalue weighted by molar-refractivity contribution is 0.0305. The first-order chi connectivity index (χ1) is 18.2. The number of likely N-dealkylation sites (tertiary alicyclic amines) is 2. The van der Waals surface area contributed by atoms with E-state index in [0.717, 1.165) is 87.2 Å². The van der Waals surface area contributed by atoms with E-state index in [1.807, 2.05) is 0 Å². The minimum Gasteiger partial charge on any atom is -0.371 e. The van der Waals surface area contributed by atoms with E-state index in [9.17, 15) is 13.2 Å². The van der Waals surface area contributed by atoms with Crippen LogP contribution < -0.4 is 9.62 Å². The highest BCUT2D eigenvalue weighted by Gasteiger charge is 2.44. The number of fused-ring (bicyclic) bond motifs is 2. The average molecular weight is 563 g/mol. The number of aromatic nitrogens is 2. The van der Waals surface area contributed by atoms with E-state index in [4.69, 9.17) is 16.3 Å². The molecule has 10 nitrogen and oxygen atoms in total. The van der Waals surface area contributed by atoms with Crippen molar-refractivity contribution in [2.24, 2.45) is 0 Å². The number of halogens is 1. The van der Waals surface area contributed by atoms with Gasteiger partial charge in [-0.2, -0.15) is 4.68 Å². The molecule has 4 aliphatic heterocycles. The van der Waals surface area contributed by atoms with Crippen LogP contribution in [0.3, 0.4) is 0 Å². The Bertz CT molecular complexity index is 1300. The molecule has 0 aliphatic carbocycles. The number of benzene rings is 1. The van der Waals surface area contributed by atoms with Crippen LogP contribution in [0, 0.1) is 0 Å². The maximum atomic E-state index is 13.0. The number of nitrogens with one attached hydrogen (secondary N) is 1. The van der Waals surface area contributed by atoms with Gasteiger partial charge in [0.05, 0.1) is 29.2 Å². The number of piperidine rings is 1. The zero-order valence-electron chi connectivity index (χ0n) is 21.7. The Hall–Kier alpha value is -2.34. The van der Waals surface area contributed by atoms with E-state index >= 15 is 0 Å². The van der Waals surface area contributed by atoms with E-state index in [2.05, 4.69) is 37.8 Å². The molecule has 4 aliphatic rings. The second-order valence-corrected chi connectivity index (χ2v) is 13.3. The van der Waals surface area contributed by atoms with Gasteiger partial charge in [-0.05, 0) is 56.7 Å². The highest BCUT2D eigenvalue weighted by atomic mass is 35.5. The molecule has 38 heavy (non-hydrogen) atoms. The predicted molar refractivity (Wildman–Crippen MR) is 146 cm³/mol. The molecule has 1 spiro atoms. The number of carbonyl (C=O) groups excluding carboxylic acids is 1. The summed E-state index contributed by atoms with van der Waals surface area (Å²) in [7, 11) is -3.45. The first-order valence-electron chi connectivity index (χ1n) is 13.4. The molecule has 1 amide bonds. The molecule has 12 heteroatoms. The van der Waals surface area contributed by atoms with Crippen molar-refractivity contribution in [1.29, 1.82) is 0 Å². The zero-order valence-corrected chi connectivity index (χ0v) is 23.3. The summed E-state index contributed by atoms with van der Waals surface area (Å²) in [6.45, 7) is 4.90. The Kier molecular flexibility index (Phi) is 6.82. The van der Waals surface area contributed by atoms with Gasteiger partial charge in [-0.3, -0.25) is 9.62 Å². The number of rotatable bonds is 5. The third-order valence-electron chi connectivity index (χ3n) is 8.58. The standard InChI is InChI=1S/C26H35ClN6O4S/c1-38(35,36)29-23-8-13-33(28-23)25(34)30-14-10-26(11-15-30)9-3-12-32(26)16-19-4-2-5-22(24(19)27)31-17-20-6-7-21(18-31)37-20/h2,4-5,8,13,20-21H,3,6-7,9-12,14-18H2,1H3,(H,28,29). The minimum atomic E-state index is -3.45. The van der Waals surface area contributed by atoms with Crippen LogP contribution in [0.15, 0.2) is 30.5 Å². The summed E-state index contributed by atoms with van der Waals surface area (Å²) < 4.78 is 32.5.